The minimum atomic E-state index is -1.09. The fraction of sp³-hybridized carbons (Fsp3) is 0.485. The molecule has 2 aromatic carbocycles. The van der Waals surface area contributed by atoms with E-state index in [4.69, 9.17) is 22.9 Å². The van der Waals surface area contributed by atoms with E-state index in [-0.39, 0.29) is 31.0 Å². The van der Waals surface area contributed by atoms with E-state index in [0.717, 1.165) is 22.3 Å². The molecule has 0 heterocycles. The molecule has 0 saturated heterocycles. The fourth-order valence-electron chi connectivity index (χ4n) is 5.14. The van der Waals surface area contributed by atoms with E-state index < -0.39 is 47.8 Å². The highest BCUT2D eigenvalue weighted by molar-refractivity contribution is 5.94. The molecule has 4 unspecified atom stereocenters. The Kier molecular flexibility index (Phi) is 16.2. The van der Waals surface area contributed by atoms with Gasteiger partial charge in [0.2, 0.25) is 23.6 Å². The summed E-state index contributed by atoms with van der Waals surface area (Å²) in [5, 5.41) is 21.0. The number of aliphatic imine (C=N–C) groups is 1. The van der Waals surface area contributed by atoms with E-state index in [1.807, 2.05) is 44.2 Å². The van der Waals surface area contributed by atoms with Crippen LogP contribution >= 0.6 is 0 Å². The smallest absolute Gasteiger partial charge is 0.243 e. The topological polar surface area (TPSA) is 253 Å². The Hall–Kier alpha value is -4.69. The number of nitrogens with two attached hydrogens (primary N) is 4. The van der Waals surface area contributed by atoms with Crippen molar-refractivity contribution in [1.29, 1.82) is 0 Å². The van der Waals surface area contributed by atoms with Gasteiger partial charge in [0.15, 0.2) is 5.96 Å². The molecule has 4 atom stereocenters. The van der Waals surface area contributed by atoms with Crippen LogP contribution in [0.3, 0.4) is 0 Å². The number of phenolic OH excluding ortho intramolecular Hbond substituents is 1. The molecule has 47 heavy (non-hydrogen) atoms. The van der Waals surface area contributed by atoms with Gasteiger partial charge in [0.1, 0.15) is 23.9 Å². The van der Waals surface area contributed by atoms with Crippen LogP contribution < -0.4 is 44.2 Å². The predicted octanol–water partition coefficient (Wildman–Crippen LogP) is -0.495. The molecule has 13 N–H and O–H groups in total. The zero-order valence-corrected chi connectivity index (χ0v) is 27.6. The van der Waals surface area contributed by atoms with Gasteiger partial charge in [-0.05, 0) is 93.3 Å². The summed E-state index contributed by atoms with van der Waals surface area (Å²) >= 11 is 0. The molecular weight excluding hydrogens is 602 g/mol. The van der Waals surface area contributed by atoms with E-state index in [1.165, 1.54) is 7.05 Å². The Morgan fingerprint density at radius 3 is 1.98 bits per heavy atom. The number of nitrogens with zero attached hydrogens (tertiary/aromatic N) is 1. The second-order valence-corrected chi connectivity index (χ2v) is 11.6. The van der Waals surface area contributed by atoms with Crippen LogP contribution in [0.4, 0.5) is 0 Å². The van der Waals surface area contributed by atoms with Crippen molar-refractivity contribution in [2.24, 2.45) is 27.9 Å². The van der Waals surface area contributed by atoms with E-state index in [0.29, 0.717) is 38.8 Å². The van der Waals surface area contributed by atoms with E-state index >= 15 is 0 Å². The summed E-state index contributed by atoms with van der Waals surface area (Å²) in [4.78, 5) is 56.6. The van der Waals surface area contributed by atoms with Crippen LogP contribution in [-0.4, -0.2) is 79.0 Å². The lowest BCUT2D eigenvalue weighted by molar-refractivity contribution is -0.133. The highest BCUT2D eigenvalue weighted by atomic mass is 16.3. The summed E-state index contributed by atoms with van der Waals surface area (Å²) in [7, 11) is 1.54. The molecule has 0 bridgehead atoms. The number of amides is 4. The van der Waals surface area contributed by atoms with E-state index in [9.17, 15) is 24.3 Å². The number of guanidine groups is 1. The molecule has 0 spiro atoms. The molecule has 14 nitrogen and oxygen atoms in total. The fourth-order valence-corrected chi connectivity index (χ4v) is 5.14. The average molecular weight is 654 g/mol. The Morgan fingerprint density at radius 1 is 0.809 bits per heavy atom. The maximum absolute atomic E-state index is 13.8. The van der Waals surface area contributed by atoms with Crippen molar-refractivity contribution in [2.75, 3.05) is 20.1 Å². The number of hydrogen-bond acceptors (Lipinski definition) is 8. The van der Waals surface area contributed by atoms with Crippen LogP contribution in [0.2, 0.25) is 0 Å². The number of phenols is 1. The molecule has 14 heteroatoms. The standard InChI is InChI=1S/C33H51N9O5/c1-20-16-23(43)17-21(2)24(20)19-25(35)30(45)41-27(13-9-15-39-33(37)38-3)31(46)42-28(18-22-10-5-4-6-11-22)32(47)40-26(29(36)44)12-7-8-14-34/h4-6,10-11,16-17,25-28,43H,7-9,12-15,18-19,34-35H2,1-3H3,(H2,36,44)(H,40,47)(H,41,45)(H,42,46)(H3,37,38,39). The summed E-state index contributed by atoms with van der Waals surface area (Å²) in [5.74, 6) is -2.10. The normalized spacial score (nSPS) is 13.9. The van der Waals surface area contributed by atoms with Crippen LogP contribution in [0.15, 0.2) is 47.5 Å². The number of aryl methyl sites for hydroxylation is 2. The van der Waals surface area contributed by atoms with Crippen LogP contribution in [0.1, 0.15) is 54.4 Å². The van der Waals surface area contributed by atoms with Crippen molar-refractivity contribution >= 4 is 29.6 Å². The third-order valence-electron chi connectivity index (χ3n) is 7.81. The summed E-state index contributed by atoms with van der Waals surface area (Å²) in [6.45, 7) is 4.45. The molecule has 2 aromatic rings. The SMILES string of the molecule is CN=C(N)NCCCC(NC(=O)C(N)Cc1c(C)cc(O)cc1C)C(=O)NC(Cc1ccccc1)C(=O)NC(CCCCN)C(N)=O. The first-order valence-electron chi connectivity index (χ1n) is 15.8. The van der Waals surface area contributed by atoms with Gasteiger partial charge in [0.25, 0.3) is 0 Å². The number of primary amides is 1. The number of unbranched alkanes of at least 4 members (excludes halogenated alkanes) is 1. The largest absolute Gasteiger partial charge is 0.508 e. The van der Waals surface area contributed by atoms with Gasteiger partial charge in [-0.15, -0.1) is 0 Å². The van der Waals surface area contributed by atoms with Crippen molar-refractivity contribution in [2.45, 2.75) is 83.0 Å². The maximum Gasteiger partial charge on any atom is 0.243 e. The van der Waals surface area contributed by atoms with Gasteiger partial charge in [-0.3, -0.25) is 24.2 Å². The molecule has 0 fully saturated rings. The Morgan fingerprint density at radius 2 is 1.38 bits per heavy atom. The monoisotopic (exact) mass is 653 g/mol. The molecular formula is C33H51N9O5. The first kappa shape index (κ1) is 38.5. The lowest BCUT2D eigenvalue weighted by atomic mass is 9.95. The Labute approximate surface area is 276 Å². The highest BCUT2D eigenvalue weighted by Gasteiger charge is 2.30. The lowest BCUT2D eigenvalue weighted by Gasteiger charge is -2.26. The van der Waals surface area contributed by atoms with Crippen LogP contribution in [0, 0.1) is 13.8 Å². The maximum atomic E-state index is 13.8. The molecule has 2 rings (SSSR count). The summed E-state index contributed by atoms with van der Waals surface area (Å²) < 4.78 is 0. The predicted molar refractivity (Wildman–Crippen MR) is 182 cm³/mol. The van der Waals surface area contributed by atoms with Gasteiger partial charge in [0.05, 0.1) is 6.04 Å². The molecule has 0 aliphatic heterocycles. The molecule has 0 aliphatic rings. The number of nitrogens with one attached hydrogen (secondary N) is 4. The summed E-state index contributed by atoms with van der Waals surface area (Å²) in [6.07, 6.45) is 2.45. The van der Waals surface area contributed by atoms with Gasteiger partial charge in [-0.25, -0.2) is 0 Å². The molecule has 0 aliphatic carbocycles. The molecule has 4 amide bonds. The number of benzene rings is 2. The van der Waals surface area contributed by atoms with Crippen molar-refractivity contribution < 1.29 is 24.3 Å². The second kappa shape index (κ2) is 19.7. The number of aromatic hydroxyl groups is 1. The van der Waals surface area contributed by atoms with E-state index in [2.05, 4.69) is 26.3 Å². The van der Waals surface area contributed by atoms with Crippen molar-refractivity contribution in [3.8, 4) is 5.75 Å². The second-order valence-electron chi connectivity index (χ2n) is 11.6. The quantitative estimate of drug-likeness (QED) is 0.0538. The molecule has 0 saturated carbocycles. The lowest BCUT2D eigenvalue weighted by Crippen LogP contribution is -2.58. The van der Waals surface area contributed by atoms with Crippen molar-refractivity contribution in [3.63, 3.8) is 0 Å². The highest BCUT2D eigenvalue weighted by Crippen LogP contribution is 2.22. The van der Waals surface area contributed by atoms with Crippen LogP contribution in [0.5, 0.6) is 5.75 Å². The first-order chi connectivity index (χ1) is 22.4. The van der Waals surface area contributed by atoms with Gasteiger partial charge >= 0.3 is 0 Å². The van der Waals surface area contributed by atoms with E-state index in [1.54, 1.807) is 12.1 Å². The Balaban J connectivity index is 2.28. The van der Waals surface area contributed by atoms with Gasteiger partial charge in [-0.1, -0.05) is 30.3 Å². The number of carbonyl (C=O) groups excluding carboxylic acids is 4. The molecule has 258 valence electrons. The molecule has 0 aromatic heterocycles. The molecule has 0 radical (unpaired) electrons. The summed E-state index contributed by atoms with van der Waals surface area (Å²) in [6, 6.07) is 8.20. The minimum Gasteiger partial charge on any atom is -0.508 e. The van der Waals surface area contributed by atoms with Crippen LogP contribution in [-0.2, 0) is 32.0 Å². The third kappa shape index (κ3) is 13.3. The number of hydrogen-bond donors (Lipinski definition) is 9. The Bertz CT molecular complexity index is 1350. The minimum absolute atomic E-state index is 0.118. The zero-order valence-electron chi connectivity index (χ0n) is 27.6. The number of carbonyl (C=O) groups is 4. The zero-order chi connectivity index (χ0) is 34.9. The third-order valence-corrected chi connectivity index (χ3v) is 7.81. The van der Waals surface area contributed by atoms with Gasteiger partial charge in [0, 0.05) is 20.0 Å². The summed E-state index contributed by atoms with van der Waals surface area (Å²) in [5.41, 5.74) is 26.3. The number of rotatable bonds is 19. The van der Waals surface area contributed by atoms with Crippen molar-refractivity contribution in [1.82, 2.24) is 21.3 Å². The van der Waals surface area contributed by atoms with Crippen LogP contribution in [0.25, 0.3) is 0 Å². The van der Waals surface area contributed by atoms with Gasteiger partial charge in [-0.2, -0.15) is 0 Å². The van der Waals surface area contributed by atoms with Crippen molar-refractivity contribution in [3.05, 3.63) is 64.7 Å². The first-order valence-corrected chi connectivity index (χ1v) is 15.8. The van der Waals surface area contributed by atoms with Gasteiger partial charge < -0.3 is 49.3 Å². The average Bonchev–Trinajstić information content (AvgIpc) is 3.03.